The first-order chi connectivity index (χ1) is 10.5. The molecule has 1 fully saturated rings. The quantitative estimate of drug-likeness (QED) is 0.776. The van der Waals surface area contributed by atoms with E-state index in [0.717, 1.165) is 6.07 Å². The molecule has 1 heterocycles. The summed E-state index contributed by atoms with van der Waals surface area (Å²) in [6, 6.07) is 4.15. The summed E-state index contributed by atoms with van der Waals surface area (Å²) in [5.41, 5.74) is -0.897. The maximum absolute atomic E-state index is 13.4. The van der Waals surface area contributed by atoms with E-state index in [4.69, 9.17) is 10.00 Å². The first-order valence-corrected chi connectivity index (χ1v) is 8.03. The Kier molecular flexibility index (Phi) is 4.32. The van der Waals surface area contributed by atoms with Crippen molar-refractivity contribution in [2.45, 2.75) is 32.4 Å². The highest BCUT2D eigenvalue weighted by molar-refractivity contribution is 7.85. The Morgan fingerprint density at radius 3 is 2.70 bits per heavy atom. The van der Waals surface area contributed by atoms with E-state index in [-0.39, 0.29) is 17.7 Å². The summed E-state index contributed by atoms with van der Waals surface area (Å²) in [7, 11) is -4.30. The van der Waals surface area contributed by atoms with Crippen LogP contribution in [0.2, 0.25) is 0 Å². The van der Waals surface area contributed by atoms with Gasteiger partial charge in [-0.1, -0.05) is 6.07 Å². The minimum absolute atomic E-state index is 0.254. The Balaban J connectivity index is 2.42. The number of halogens is 1. The maximum atomic E-state index is 13.4. The van der Waals surface area contributed by atoms with Gasteiger partial charge in [-0.15, -0.1) is 0 Å². The lowest BCUT2D eigenvalue weighted by Crippen LogP contribution is -2.39. The fourth-order valence-electron chi connectivity index (χ4n) is 2.02. The van der Waals surface area contributed by atoms with Crippen LogP contribution in [-0.4, -0.2) is 31.0 Å². The fraction of sp³-hybridized carbons (Fsp3) is 0.429. The summed E-state index contributed by atoms with van der Waals surface area (Å²) in [4.78, 5) is 12.2. The van der Waals surface area contributed by atoms with E-state index in [1.807, 2.05) is 0 Å². The van der Waals surface area contributed by atoms with Crippen molar-refractivity contribution in [1.29, 1.82) is 5.26 Å². The van der Waals surface area contributed by atoms with Gasteiger partial charge >= 0.3 is 16.4 Å². The Labute approximate surface area is 133 Å². The molecule has 1 amide bonds. The second-order valence-corrected chi connectivity index (χ2v) is 7.37. The van der Waals surface area contributed by atoms with Crippen LogP contribution in [0.3, 0.4) is 0 Å². The van der Waals surface area contributed by atoms with Crippen molar-refractivity contribution in [3.8, 4) is 6.07 Å². The van der Waals surface area contributed by atoms with E-state index in [1.54, 1.807) is 26.8 Å². The minimum atomic E-state index is -4.30. The van der Waals surface area contributed by atoms with Crippen molar-refractivity contribution in [2.24, 2.45) is 0 Å². The Bertz CT molecular complexity index is 779. The number of carbonyl (C=O) groups excluding carboxylic acids is 1. The number of carbonyl (C=O) groups is 1. The topological polar surface area (TPSA) is 96.7 Å². The second kappa shape index (κ2) is 5.79. The maximum Gasteiger partial charge on any atom is 0.426 e. The van der Waals surface area contributed by atoms with Crippen LogP contribution in [0.15, 0.2) is 18.2 Å². The molecule has 0 bridgehead atoms. The highest BCUT2D eigenvalue weighted by atomic mass is 32.2. The summed E-state index contributed by atoms with van der Waals surface area (Å²) in [6.07, 6.45) is -1.09. The number of hydrogen-bond donors (Lipinski definition) is 0. The molecule has 2 rings (SSSR count). The van der Waals surface area contributed by atoms with Crippen LogP contribution in [0.25, 0.3) is 0 Å². The van der Waals surface area contributed by atoms with Gasteiger partial charge in [-0.3, -0.25) is 4.18 Å². The second-order valence-electron chi connectivity index (χ2n) is 5.89. The molecular formula is C14H15FN2O5S. The van der Waals surface area contributed by atoms with Crippen molar-refractivity contribution in [3.63, 3.8) is 0 Å². The number of benzene rings is 1. The van der Waals surface area contributed by atoms with Crippen LogP contribution in [0.4, 0.5) is 9.18 Å². The van der Waals surface area contributed by atoms with Gasteiger partial charge in [0, 0.05) is 0 Å². The van der Waals surface area contributed by atoms with Crippen LogP contribution in [-0.2, 0) is 19.2 Å². The summed E-state index contributed by atoms with van der Waals surface area (Å²) in [6.45, 7) is 4.44. The van der Waals surface area contributed by atoms with E-state index < -0.39 is 33.9 Å². The van der Waals surface area contributed by atoms with Crippen LogP contribution in [0.1, 0.15) is 37.9 Å². The number of nitriles is 1. The SMILES string of the molecule is CC(C)(C)OC(=O)N1[C@@H](c2ccc(F)c(C#N)c2)COS1(=O)=O. The lowest BCUT2D eigenvalue weighted by Gasteiger charge is -2.26. The number of rotatable bonds is 1. The van der Waals surface area contributed by atoms with Crippen molar-refractivity contribution in [3.05, 3.63) is 35.1 Å². The summed E-state index contributed by atoms with van der Waals surface area (Å²) in [5, 5.41) is 8.87. The zero-order chi connectivity index (χ0) is 17.4. The van der Waals surface area contributed by atoms with Crippen molar-refractivity contribution in [1.82, 2.24) is 4.31 Å². The first kappa shape index (κ1) is 17.2. The van der Waals surface area contributed by atoms with Crippen LogP contribution < -0.4 is 0 Å². The fourth-order valence-corrected chi connectivity index (χ4v) is 3.15. The summed E-state index contributed by atoms with van der Waals surface area (Å²) >= 11 is 0. The van der Waals surface area contributed by atoms with E-state index >= 15 is 0 Å². The Hall–Kier alpha value is -2.18. The van der Waals surface area contributed by atoms with Gasteiger partial charge < -0.3 is 4.74 Å². The zero-order valence-corrected chi connectivity index (χ0v) is 13.6. The molecule has 0 saturated carbocycles. The molecule has 0 unspecified atom stereocenters. The molecule has 0 spiro atoms. The monoisotopic (exact) mass is 342 g/mol. The van der Waals surface area contributed by atoms with Crippen LogP contribution >= 0.6 is 0 Å². The number of nitrogens with zero attached hydrogens (tertiary/aromatic N) is 2. The molecule has 0 aromatic heterocycles. The minimum Gasteiger partial charge on any atom is -0.443 e. The van der Waals surface area contributed by atoms with Gasteiger partial charge in [-0.25, -0.2) is 9.18 Å². The average molecular weight is 342 g/mol. The average Bonchev–Trinajstić information content (AvgIpc) is 2.73. The number of amides is 1. The molecule has 1 atom stereocenters. The lowest BCUT2D eigenvalue weighted by molar-refractivity contribution is 0.0356. The number of ether oxygens (including phenoxy) is 1. The third-order valence-electron chi connectivity index (χ3n) is 2.97. The van der Waals surface area contributed by atoms with Gasteiger partial charge in [0.25, 0.3) is 0 Å². The normalized spacial score (nSPS) is 20.1. The Morgan fingerprint density at radius 2 is 2.13 bits per heavy atom. The predicted octanol–water partition coefficient (Wildman–Crippen LogP) is 2.25. The zero-order valence-electron chi connectivity index (χ0n) is 12.7. The van der Waals surface area contributed by atoms with Crippen LogP contribution in [0.5, 0.6) is 0 Å². The highest BCUT2D eigenvalue weighted by Gasteiger charge is 2.45. The van der Waals surface area contributed by atoms with Gasteiger partial charge in [0.05, 0.1) is 12.2 Å². The molecule has 1 aromatic rings. The Morgan fingerprint density at radius 1 is 1.48 bits per heavy atom. The molecule has 7 nitrogen and oxygen atoms in total. The molecule has 1 aliphatic rings. The number of hydrogen-bond acceptors (Lipinski definition) is 6. The largest absolute Gasteiger partial charge is 0.443 e. The van der Waals surface area contributed by atoms with Gasteiger partial charge in [-0.05, 0) is 38.5 Å². The lowest BCUT2D eigenvalue weighted by atomic mass is 10.0. The van der Waals surface area contributed by atoms with Crippen molar-refractivity contribution in [2.75, 3.05) is 6.61 Å². The molecule has 124 valence electrons. The van der Waals surface area contributed by atoms with Crippen LogP contribution in [0, 0.1) is 17.1 Å². The van der Waals surface area contributed by atoms with Gasteiger partial charge in [0.2, 0.25) is 0 Å². The third kappa shape index (κ3) is 3.60. The molecule has 9 heteroatoms. The van der Waals surface area contributed by atoms with E-state index in [1.165, 1.54) is 12.1 Å². The van der Waals surface area contributed by atoms with E-state index in [0.29, 0.717) is 4.31 Å². The first-order valence-electron chi connectivity index (χ1n) is 6.66. The van der Waals surface area contributed by atoms with Gasteiger partial charge in [0.1, 0.15) is 23.5 Å². The smallest absolute Gasteiger partial charge is 0.426 e. The standard InChI is InChI=1S/C14H15FN2O5S/c1-14(2,3)22-13(18)17-12(8-21-23(17,19)20)9-4-5-11(15)10(6-9)7-16/h4-6,12H,8H2,1-3H3/t12-/m1/s1. The molecular weight excluding hydrogens is 327 g/mol. The van der Waals surface area contributed by atoms with Gasteiger partial charge in [-0.2, -0.15) is 18.0 Å². The van der Waals surface area contributed by atoms with Crippen molar-refractivity contribution < 1.29 is 26.5 Å². The highest BCUT2D eigenvalue weighted by Crippen LogP contribution is 2.33. The molecule has 1 aromatic carbocycles. The van der Waals surface area contributed by atoms with Gasteiger partial charge in [0.15, 0.2) is 0 Å². The molecule has 0 N–H and O–H groups in total. The molecule has 1 aliphatic heterocycles. The molecule has 0 radical (unpaired) electrons. The predicted molar refractivity (Wildman–Crippen MR) is 76.8 cm³/mol. The van der Waals surface area contributed by atoms with E-state index in [9.17, 15) is 17.6 Å². The summed E-state index contributed by atoms with van der Waals surface area (Å²) < 4.78 is 47.5. The third-order valence-corrected chi connectivity index (χ3v) is 4.29. The molecule has 0 aliphatic carbocycles. The van der Waals surface area contributed by atoms with Crippen molar-refractivity contribution >= 4 is 16.4 Å². The van der Waals surface area contributed by atoms with E-state index in [2.05, 4.69) is 4.18 Å². The molecule has 1 saturated heterocycles. The molecule has 23 heavy (non-hydrogen) atoms. The summed E-state index contributed by atoms with van der Waals surface area (Å²) in [5.74, 6) is -0.734.